The summed E-state index contributed by atoms with van der Waals surface area (Å²) in [5.41, 5.74) is 0.871. The molecule has 1 amide bonds. The zero-order valence-corrected chi connectivity index (χ0v) is 12.1. The predicted octanol–water partition coefficient (Wildman–Crippen LogP) is 2.78. The van der Waals surface area contributed by atoms with Crippen molar-refractivity contribution >= 4 is 24.2 Å². The minimum absolute atomic E-state index is 0.0686. The molecule has 0 atom stereocenters. The minimum Gasteiger partial charge on any atom is -0.349 e. The molecule has 104 valence electrons. The number of hydrogen-bond acceptors (Lipinski definition) is 4. The first-order valence-electron chi connectivity index (χ1n) is 6.67. The lowest BCUT2D eigenvalue weighted by molar-refractivity contribution is -0.127. The van der Waals surface area contributed by atoms with Crippen LogP contribution in [0.1, 0.15) is 19.3 Å². The molecule has 0 saturated carbocycles. The Kier molecular flexibility index (Phi) is 5.08. The topological polar surface area (TPSA) is 56.1 Å². The molecule has 0 radical (unpaired) electrons. The van der Waals surface area contributed by atoms with E-state index in [1.54, 1.807) is 4.90 Å². The third-order valence-electron chi connectivity index (χ3n) is 3.24. The molecular formula is C15H17N3OS. The fourth-order valence-electron chi connectivity index (χ4n) is 2.18. The molecule has 1 aromatic rings. The Bertz CT molecular complexity index is 542. The molecule has 1 heterocycles. The van der Waals surface area contributed by atoms with Crippen molar-refractivity contribution in [3.63, 3.8) is 0 Å². The van der Waals surface area contributed by atoms with E-state index in [0.29, 0.717) is 5.03 Å². The third kappa shape index (κ3) is 3.55. The number of hydrogen-bond donors (Lipinski definition) is 2. The Hall–Kier alpha value is -1.93. The summed E-state index contributed by atoms with van der Waals surface area (Å²) in [4.78, 5) is 14.0. The van der Waals surface area contributed by atoms with Crippen LogP contribution in [0, 0.1) is 11.3 Å². The summed E-state index contributed by atoms with van der Waals surface area (Å²) >= 11 is 4.27. The Labute approximate surface area is 124 Å². The van der Waals surface area contributed by atoms with Crippen LogP contribution in [0.2, 0.25) is 0 Å². The van der Waals surface area contributed by atoms with E-state index in [0.717, 1.165) is 38.0 Å². The fourth-order valence-corrected chi connectivity index (χ4v) is 2.45. The van der Waals surface area contributed by atoms with Crippen molar-refractivity contribution in [2.24, 2.45) is 0 Å². The first-order valence-corrected chi connectivity index (χ1v) is 7.12. The summed E-state index contributed by atoms with van der Waals surface area (Å²) in [5.74, 6) is -0.236. The van der Waals surface area contributed by atoms with Crippen LogP contribution in [0.3, 0.4) is 0 Å². The first kappa shape index (κ1) is 14.5. The molecule has 1 aliphatic heterocycles. The van der Waals surface area contributed by atoms with Gasteiger partial charge < -0.3 is 10.2 Å². The number of carbonyl (C=O) groups is 1. The number of nitriles is 1. The van der Waals surface area contributed by atoms with Crippen molar-refractivity contribution < 1.29 is 4.79 Å². The SMILES string of the molecule is N#CC(C(=O)N1CCCCC1)=C(S)Nc1ccccc1. The monoisotopic (exact) mass is 287 g/mol. The number of carbonyl (C=O) groups excluding carboxylic acids is 1. The van der Waals surface area contributed by atoms with Gasteiger partial charge in [0.2, 0.25) is 0 Å². The Balaban J connectivity index is 2.15. The molecule has 1 fully saturated rings. The summed E-state index contributed by atoms with van der Waals surface area (Å²) in [6.45, 7) is 1.44. The predicted molar refractivity (Wildman–Crippen MR) is 82.1 cm³/mol. The zero-order valence-electron chi connectivity index (χ0n) is 11.2. The lowest BCUT2D eigenvalue weighted by atomic mass is 10.1. The molecule has 4 nitrogen and oxygen atoms in total. The average molecular weight is 287 g/mol. The second-order valence-corrected chi connectivity index (χ2v) is 5.13. The van der Waals surface area contributed by atoms with Crippen LogP contribution in [0.15, 0.2) is 40.9 Å². The van der Waals surface area contributed by atoms with Crippen LogP contribution in [0.4, 0.5) is 5.69 Å². The number of piperidine rings is 1. The van der Waals surface area contributed by atoms with Crippen LogP contribution < -0.4 is 5.32 Å². The number of nitrogens with one attached hydrogen (secondary N) is 1. The minimum atomic E-state index is -0.236. The molecule has 0 aromatic heterocycles. The number of thiol groups is 1. The number of anilines is 1. The summed E-state index contributed by atoms with van der Waals surface area (Å²) in [6, 6.07) is 11.3. The van der Waals surface area contributed by atoms with Gasteiger partial charge in [0.1, 0.15) is 11.6 Å². The molecule has 1 N–H and O–H groups in total. The van der Waals surface area contributed by atoms with Gasteiger partial charge in [0, 0.05) is 18.8 Å². The second-order valence-electron chi connectivity index (χ2n) is 4.68. The largest absolute Gasteiger partial charge is 0.349 e. The molecule has 5 heteroatoms. The smallest absolute Gasteiger partial charge is 0.267 e. The van der Waals surface area contributed by atoms with Crippen LogP contribution in [-0.4, -0.2) is 23.9 Å². The van der Waals surface area contributed by atoms with Gasteiger partial charge in [-0.05, 0) is 31.4 Å². The van der Waals surface area contributed by atoms with Crippen LogP contribution in [0.5, 0.6) is 0 Å². The molecule has 0 aliphatic carbocycles. The van der Waals surface area contributed by atoms with Gasteiger partial charge in [0.05, 0.1) is 5.03 Å². The number of rotatable bonds is 3. The van der Waals surface area contributed by atoms with Crippen molar-refractivity contribution in [3.05, 3.63) is 40.9 Å². The van der Waals surface area contributed by atoms with Gasteiger partial charge in [0.15, 0.2) is 0 Å². The van der Waals surface area contributed by atoms with Crippen LogP contribution >= 0.6 is 12.6 Å². The van der Waals surface area contributed by atoms with E-state index in [9.17, 15) is 10.1 Å². The van der Waals surface area contributed by atoms with E-state index in [4.69, 9.17) is 0 Å². The van der Waals surface area contributed by atoms with E-state index < -0.39 is 0 Å². The fraction of sp³-hybridized carbons (Fsp3) is 0.333. The first-order chi connectivity index (χ1) is 9.72. The number of para-hydroxylation sites is 1. The van der Waals surface area contributed by atoms with Gasteiger partial charge >= 0.3 is 0 Å². The highest BCUT2D eigenvalue weighted by molar-refractivity contribution is 7.84. The summed E-state index contributed by atoms with van der Waals surface area (Å²) in [7, 11) is 0. The van der Waals surface area contributed by atoms with E-state index in [2.05, 4.69) is 17.9 Å². The summed E-state index contributed by atoms with van der Waals surface area (Å²) in [5, 5.41) is 12.5. The molecule has 0 unspecified atom stereocenters. The quantitative estimate of drug-likeness (QED) is 0.510. The highest BCUT2D eigenvalue weighted by Gasteiger charge is 2.22. The number of nitrogens with zero attached hydrogens (tertiary/aromatic N) is 2. The normalized spacial score (nSPS) is 16.1. The Morgan fingerprint density at radius 1 is 1.20 bits per heavy atom. The maximum absolute atomic E-state index is 12.3. The third-order valence-corrected chi connectivity index (χ3v) is 3.58. The van der Waals surface area contributed by atoms with Crippen LogP contribution in [0.25, 0.3) is 0 Å². The van der Waals surface area contributed by atoms with E-state index in [-0.39, 0.29) is 11.5 Å². The van der Waals surface area contributed by atoms with E-state index >= 15 is 0 Å². The second kappa shape index (κ2) is 7.01. The van der Waals surface area contributed by atoms with Gasteiger partial charge in [-0.15, -0.1) is 12.6 Å². The van der Waals surface area contributed by atoms with E-state index in [1.165, 1.54) is 0 Å². The number of likely N-dealkylation sites (tertiary alicyclic amines) is 1. The van der Waals surface area contributed by atoms with Crippen molar-refractivity contribution in [1.82, 2.24) is 4.90 Å². The molecular weight excluding hydrogens is 270 g/mol. The van der Waals surface area contributed by atoms with Gasteiger partial charge in [-0.1, -0.05) is 18.2 Å². The van der Waals surface area contributed by atoms with Gasteiger partial charge in [0.25, 0.3) is 5.91 Å². The zero-order chi connectivity index (χ0) is 14.4. The van der Waals surface area contributed by atoms with Crippen molar-refractivity contribution in [2.75, 3.05) is 18.4 Å². The molecule has 1 aromatic carbocycles. The molecule has 0 bridgehead atoms. The summed E-state index contributed by atoms with van der Waals surface area (Å²) in [6.07, 6.45) is 3.14. The molecule has 1 saturated heterocycles. The lowest BCUT2D eigenvalue weighted by Gasteiger charge is -2.26. The lowest BCUT2D eigenvalue weighted by Crippen LogP contribution is -2.36. The number of amides is 1. The van der Waals surface area contributed by atoms with Crippen molar-refractivity contribution in [1.29, 1.82) is 5.26 Å². The molecule has 1 aliphatic rings. The standard InChI is InChI=1S/C15H17N3OS/c16-11-13(15(19)18-9-5-2-6-10-18)14(20)17-12-7-3-1-4-8-12/h1,3-4,7-8,17,20H,2,5-6,9-10H2. The van der Waals surface area contributed by atoms with Crippen LogP contribution in [-0.2, 0) is 4.79 Å². The Morgan fingerprint density at radius 2 is 1.85 bits per heavy atom. The molecule has 0 spiro atoms. The van der Waals surface area contributed by atoms with Gasteiger partial charge in [-0.3, -0.25) is 4.79 Å². The van der Waals surface area contributed by atoms with Crippen molar-refractivity contribution in [2.45, 2.75) is 19.3 Å². The van der Waals surface area contributed by atoms with Crippen molar-refractivity contribution in [3.8, 4) is 6.07 Å². The Morgan fingerprint density at radius 3 is 2.45 bits per heavy atom. The maximum Gasteiger partial charge on any atom is 0.267 e. The molecule has 20 heavy (non-hydrogen) atoms. The average Bonchev–Trinajstić information content (AvgIpc) is 2.49. The highest BCUT2D eigenvalue weighted by atomic mass is 32.1. The maximum atomic E-state index is 12.3. The number of benzene rings is 1. The van der Waals surface area contributed by atoms with E-state index in [1.807, 2.05) is 36.4 Å². The molecule has 2 rings (SSSR count). The summed E-state index contributed by atoms with van der Waals surface area (Å²) < 4.78 is 0. The highest BCUT2D eigenvalue weighted by Crippen LogP contribution is 2.18. The van der Waals surface area contributed by atoms with Gasteiger partial charge in [-0.25, -0.2) is 0 Å². The van der Waals surface area contributed by atoms with Gasteiger partial charge in [-0.2, -0.15) is 5.26 Å².